The molecule has 0 bridgehead atoms. The summed E-state index contributed by atoms with van der Waals surface area (Å²) in [4.78, 5) is 28.6. The largest absolute Gasteiger partial charge is 0.335 e. The molecule has 1 aliphatic rings. The number of hydrogen-bond donors (Lipinski definition) is 0. The highest BCUT2D eigenvalue weighted by Crippen LogP contribution is 2.23. The molecule has 24 heavy (non-hydrogen) atoms. The Morgan fingerprint density at radius 1 is 0.875 bits per heavy atom. The Balaban J connectivity index is 1.66. The summed E-state index contributed by atoms with van der Waals surface area (Å²) >= 11 is 9.50. The van der Waals surface area contributed by atoms with Crippen LogP contribution in [0.1, 0.15) is 20.7 Å². The third-order valence-electron chi connectivity index (χ3n) is 4.03. The van der Waals surface area contributed by atoms with Gasteiger partial charge in [-0.2, -0.15) is 0 Å². The van der Waals surface area contributed by atoms with Crippen molar-refractivity contribution in [1.29, 1.82) is 0 Å². The van der Waals surface area contributed by atoms with Gasteiger partial charge in [0, 0.05) is 36.2 Å². The molecule has 2 aromatic carbocycles. The Morgan fingerprint density at radius 3 is 2.08 bits per heavy atom. The molecule has 6 heteroatoms. The molecular weight excluding hydrogens is 392 g/mol. The van der Waals surface area contributed by atoms with Crippen LogP contribution in [0.5, 0.6) is 0 Å². The van der Waals surface area contributed by atoms with Gasteiger partial charge >= 0.3 is 0 Å². The second-order valence-electron chi connectivity index (χ2n) is 5.57. The summed E-state index contributed by atoms with van der Waals surface area (Å²) in [5.74, 6) is -0.101. The highest BCUT2D eigenvalue weighted by molar-refractivity contribution is 9.10. The van der Waals surface area contributed by atoms with Gasteiger partial charge in [-0.25, -0.2) is 0 Å². The fraction of sp³-hybridized carbons (Fsp3) is 0.222. The van der Waals surface area contributed by atoms with Crippen molar-refractivity contribution in [2.24, 2.45) is 0 Å². The van der Waals surface area contributed by atoms with Gasteiger partial charge in [-0.05, 0) is 30.3 Å². The van der Waals surface area contributed by atoms with Crippen molar-refractivity contribution < 1.29 is 9.59 Å². The topological polar surface area (TPSA) is 40.6 Å². The summed E-state index contributed by atoms with van der Waals surface area (Å²) in [7, 11) is 0. The van der Waals surface area contributed by atoms with E-state index in [-0.39, 0.29) is 11.8 Å². The lowest BCUT2D eigenvalue weighted by Crippen LogP contribution is -2.50. The van der Waals surface area contributed by atoms with Crippen LogP contribution < -0.4 is 0 Å². The molecule has 0 atom stereocenters. The zero-order chi connectivity index (χ0) is 17.1. The maximum atomic E-state index is 12.6. The minimum atomic E-state index is -0.104. The smallest absolute Gasteiger partial charge is 0.255 e. The van der Waals surface area contributed by atoms with E-state index in [1.807, 2.05) is 18.2 Å². The van der Waals surface area contributed by atoms with E-state index in [0.29, 0.717) is 42.3 Å². The first kappa shape index (κ1) is 17.0. The summed E-state index contributed by atoms with van der Waals surface area (Å²) in [5.41, 5.74) is 1.15. The molecule has 1 heterocycles. The molecule has 0 saturated carbocycles. The molecule has 124 valence electrons. The summed E-state index contributed by atoms with van der Waals surface area (Å²) < 4.78 is 0.813. The molecule has 0 radical (unpaired) electrons. The summed E-state index contributed by atoms with van der Waals surface area (Å²) in [6.07, 6.45) is 0. The summed E-state index contributed by atoms with van der Waals surface area (Å²) in [6, 6.07) is 14.4. The average Bonchev–Trinajstić information content (AvgIpc) is 2.63. The van der Waals surface area contributed by atoms with Crippen molar-refractivity contribution in [1.82, 2.24) is 9.80 Å². The Labute approximate surface area is 154 Å². The van der Waals surface area contributed by atoms with E-state index in [2.05, 4.69) is 15.9 Å². The van der Waals surface area contributed by atoms with Crippen LogP contribution in [-0.4, -0.2) is 47.8 Å². The molecule has 0 aliphatic carbocycles. The number of nitrogens with zero attached hydrogens (tertiary/aromatic N) is 2. The van der Waals surface area contributed by atoms with Gasteiger partial charge in [-0.1, -0.05) is 45.7 Å². The standard InChI is InChI=1S/C18H16BrClN2O2/c19-14-6-7-16(20)15(12-14)18(24)22-10-8-21(9-11-22)17(23)13-4-2-1-3-5-13/h1-7,12H,8-11H2. The third-order valence-corrected chi connectivity index (χ3v) is 4.86. The fourth-order valence-corrected chi connectivity index (χ4v) is 3.27. The number of halogens is 2. The molecule has 4 nitrogen and oxygen atoms in total. The van der Waals surface area contributed by atoms with E-state index in [1.54, 1.807) is 40.1 Å². The van der Waals surface area contributed by atoms with Gasteiger partial charge in [-0.3, -0.25) is 9.59 Å². The molecule has 2 aromatic rings. The Kier molecular flexibility index (Phi) is 5.21. The number of amides is 2. The van der Waals surface area contributed by atoms with Gasteiger partial charge in [0.15, 0.2) is 0 Å². The van der Waals surface area contributed by atoms with Gasteiger partial charge in [0.1, 0.15) is 0 Å². The van der Waals surface area contributed by atoms with E-state index in [0.717, 1.165) is 4.47 Å². The van der Waals surface area contributed by atoms with Gasteiger partial charge in [0.2, 0.25) is 0 Å². The van der Waals surface area contributed by atoms with Crippen LogP contribution in [-0.2, 0) is 0 Å². The predicted molar refractivity (Wildman–Crippen MR) is 97.4 cm³/mol. The van der Waals surface area contributed by atoms with Crippen LogP contribution in [0.4, 0.5) is 0 Å². The third kappa shape index (κ3) is 3.62. The van der Waals surface area contributed by atoms with E-state index >= 15 is 0 Å². The lowest BCUT2D eigenvalue weighted by Gasteiger charge is -2.35. The maximum Gasteiger partial charge on any atom is 0.255 e. The zero-order valence-corrected chi connectivity index (χ0v) is 15.3. The predicted octanol–water partition coefficient (Wildman–Crippen LogP) is 3.70. The molecular formula is C18H16BrClN2O2. The van der Waals surface area contributed by atoms with Crippen molar-refractivity contribution in [2.45, 2.75) is 0 Å². The Bertz CT molecular complexity index is 759. The Hall–Kier alpha value is -1.85. The molecule has 3 rings (SSSR count). The van der Waals surface area contributed by atoms with E-state index in [1.165, 1.54) is 0 Å². The van der Waals surface area contributed by atoms with Gasteiger partial charge in [-0.15, -0.1) is 0 Å². The van der Waals surface area contributed by atoms with Gasteiger partial charge in [0.05, 0.1) is 10.6 Å². The van der Waals surface area contributed by atoms with Crippen molar-refractivity contribution in [2.75, 3.05) is 26.2 Å². The highest BCUT2D eigenvalue weighted by Gasteiger charge is 2.26. The zero-order valence-electron chi connectivity index (χ0n) is 12.9. The Morgan fingerprint density at radius 2 is 1.46 bits per heavy atom. The van der Waals surface area contributed by atoms with Crippen LogP contribution in [0, 0.1) is 0 Å². The number of rotatable bonds is 2. The van der Waals surface area contributed by atoms with E-state index in [9.17, 15) is 9.59 Å². The van der Waals surface area contributed by atoms with Crippen LogP contribution in [0.2, 0.25) is 5.02 Å². The summed E-state index contributed by atoms with van der Waals surface area (Å²) in [5, 5.41) is 0.436. The monoisotopic (exact) mass is 406 g/mol. The van der Waals surface area contributed by atoms with Crippen LogP contribution in [0.25, 0.3) is 0 Å². The van der Waals surface area contributed by atoms with Gasteiger partial charge in [0.25, 0.3) is 11.8 Å². The normalized spacial score (nSPS) is 14.6. The van der Waals surface area contributed by atoms with Crippen LogP contribution in [0.15, 0.2) is 53.0 Å². The molecule has 1 aliphatic heterocycles. The molecule has 0 N–H and O–H groups in total. The number of hydrogen-bond acceptors (Lipinski definition) is 2. The molecule has 0 aromatic heterocycles. The first-order valence-corrected chi connectivity index (χ1v) is 8.82. The average molecular weight is 408 g/mol. The first-order valence-electron chi connectivity index (χ1n) is 7.65. The quantitative estimate of drug-likeness (QED) is 0.761. The minimum absolute atomic E-state index is 0.00295. The number of carbonyl (C=O) groups is 2. The van der Waals surface area contributed by atoms with Gasteiger partial charge < -0.3 is 9.80 Å². The molecule has 1 fully saturated rings. The van der Waals surface area contributed by atoms with Crippen molar-refractivity contribution in [3.63, 3.8) is 0 Å². The van der Waals surface area contributed by atoms with Crippen molar-refractivity contribution in [3.8, 4) is 0 Å². The number of carbonyl (C=O) groups excluding carboxylic acids is 2. The summed E-state index contributed by atoms with van der Waals surface area (Å²) in [6.45, 7) is 2.04. The molecule has 1 saturated heterocycles. The molecule has 2 amide bonds. The molecule has 0 unspecified atom stereocenters. The van der Waals surface area contributed by atoms with Crippen LogP contribution >= 0.6 is 27.5 Å². The molecule has 0 spiro atoms. The maximum absolute atomic E-state index is 12.6. The van der Waals surface area contributed by atoms with Crippen molar-refractivity contribution >= 4 is 39.3 Å². The second kappa shape index (κ2) is 7.36. The number of piperazine rings is 1. The SMILES string of the molecule is O=C(c1ccccc1)N1CCN(C(=O)c2cc(Br)ccc2Cl)CC1. The second-order valence-corrected chi connectivity index (χ2v) is 6.90. The fourth-order valence-electron chi connectivity index (χ4n) is 2.71. The first-order chi connectivity index (χ1) is 11.6. The van der Waals surface area contributed by atoms with Crippen molar-refractivity contribution in [3.05, 3.63) is 69.2 Å². The van der Waals surface area contributed by atoms with Crippen LogP contribution in [0.3, 0.4) is 0 Å². The minimum Gasteiger partial charge on any atom is -0.335 e. The lowest BCUT2D eigenvalue weighted by molar-refractivity contribution is 0.0535. The van der Waals surface area contributed by atoms with E-state index < -0.39 is 0 Å². The highest BCUT2D eigenvalue weighted by atomic mass is 79.9. The van der Waals surface area contributed by atoms with E-state index in [4.69, 9.17) is 11.6 Å². The lowest BCUT2D eigenvalue weighted by atomic mass is 10.1. The number of benzene rings is 2.